The monoisotopic (exact) mass is 334 g/mol. The molecule has 1 aromatic heterocycles. The number of hydrogen-bond donors (Lipinski definition) is 1. The first-order chi connectivity index (χ1) is 11.5. The van der Waals surface area contributed by atoms with Gasteiger partial charge in [0.2, 0.25) is 0 Å². The standard InChI is InChI=1S/C18H30N4O2/c1-20(2)18(24)15-11-19-22(13-15)12-14-7-9-21(10-8-14)16-5-3-4-6-17(16)23/h11,13-14,16-17,23H,3-10,12H2,1-2H3/t16-,17-/m1/s1. The molecule has 6 nitrogen and oxygen atoms in total. The second kappa shape index (κ2) is 7.66. The first-order valence-electron chi connectivity index (χ1n) is 9.21. The van der Waals surface area contributed by atoms with E-state index >= 15 is 0 Å². The van der Waals surface area contributed by atoms with Gasteiger partial charge in [-0.25, -0.2) is 0 Å². The van der Waals surface area contributed by atoms with Crippen molar-refractivity contribution in [1.82, 2.24) is 19.6 Å². The highest BCUT2D eigenvalue weighted by Gasteiger charge is 2.31. The molecule has 0 spiro atoms. The lowest BCUT2D eigenvalue weighted by Gasteiger charge is -2.41. The van der Waals surface area contributed by atoms with Gasteiger partial charge in [0.05, 0.1) is 17.9 Å². The predicted octanol–water partition coefficient (Wildman–Crippen LogP) is 1.60. The quantitative estimate of drug-likeness (QED) is 0.908. The van der Waals surface area contributed by atoms with E-state index in [1.807, 2.05) is 10.9 Å². The molecule has 134 valence electrons. The minimum Gasteiger partial charge on any atom is -0.391 e. The summed E-state index contributed by atoms with van der Waals surface area (Å²) in [5.74, 6) is 0.603. The zero-order chi connectivity index (χ0) is 17.1. The van der Waals surface area contributed by atoms with Gasteiger partial charge in [0.15, 0.2) is 0 Å². The summed E-state index contributed by atoms with van der Waals surface area (Å²) in [5, 5.41) is 14.6. The van der Waals surface area contributed by atoms with E-state index in [1.165, 1.54) is 12.8 Å². The van der Waals surface area contributed by atoms with Crippen molar-refractivity contribution < 1.29 is 9.90 Å². The maximum Gasteiger partial charge on any atom is 0.256 e. The van der Waals surface area contributed by atoms with Crippen molar-refractivity contribution in [2.75, 3.05) is 27.2 Å². The van der Waals surface area contributed by atoms with Crippen LogP contribution in [0.1, 0.15) is 48.9 Å². The zero-order valence-electron chi connectivity index (χ0n) is 14.9. The van der Waals surface area contributed by atoms with Gasteiger partial charge in [-0.1, -0.05) is 12.8 Å². The summed E-state index contributed by atoms with van der Waals surface area (Å²) in [5.41, 5.74) is 0.655. The number of aromatic nitrogens is 2. The van der Waals surface area contributed by atoms with Crippen molar-refractivity contribution in [3.05, 3.63) is 18.0 Å². The van der Waals surface area contributed by atoms with Gasteiger partial charge in [0.1, 0.15) is 0 Å². The number of carbonyl (C=O) groups excluding carboxylic acids is 1. The van der Waals surface area contributed by atoms with E-state index in [2.05, 4.69) is 10.00 Å². The second-order valence-electron chi connectivity index (χ2n) is 7.55. The van der Waals surface area contributed by atoms with Crippen LogP contribution in [-0.4, -0.2) is 69.9 Å². The molecule has 1 N–H and O–H groups in total. The molecule has 1 saturated carbocycles. The Bertz CT molecular complexity index is 549. The average Bonchev–Trinajstić information content (AvgIpc) is 3.04. The van der Waals surface area contributed by atoms with Gasteiger partial charge >= 0.3 is 0 Å². The molecule has 1 aliphatic heterocycles. The van der Waals surface area contributed by atoms with E-state index in [-0.39, 0.29) is 12.0 Å². The van der Waals surface area contributed by atoms with E-state index < -0.39 is 0 Å². The maximum absolute atomic E-state index is 11.9. The maximum atomic E-state index is 11.9. The van der Waals surface area contributed by atoms with Gasteiger partial charge in [0, 0.05) is 32.9 Å². The number of carbonyl (C=O) groups is 1. The molecule has 0 bridgehead atoms. The molecular formula is C18H30N4O2. The zero-order valence-corrected chi connectivity index (χ0v) is 14.9. The highest BCUT2D eigenvalue weighted by atomic mass is 16.3. The van der Waals surface area contributed by atoms with Gasteiger partial charge in [-0.15, -0.1) is 0 Å². The molecule has 1 aromatic rings. The molecule has 1 amide bonds. The number of nitrogens with zero attached hydrogens (tertiary/aromatic N) is 4. The van der Waals surface area contributed by atoms with Crippen molar-refractivity contribution in [3.8, 4) is 0 Å². The van der Waals surface area contributed by atoms with Crippen LogP contribution in [-0.2, 0) is 6.54 Å². The van der Waals surface area contributed by atoms with Gasteiger partial charge in [0.25, 0.3) is 5.91 Å². The van der Waals surface area contributed by atoms with Crippen LogP contribution < -0.4 is 0 Å². The normalized spacial score (nSPS) is 26.5. The van der Waals surface area contributed by atoms with E-state index in [0.717, 1.165) is 45.3 Å². The molecule has 0 unspecified atom stereocenters. The summed E-state index contributed by atoms with van der Waals surface area (Å²) in [6.45, 7) is 3.01. The number of likely N-dealkylation sites (tertiary alicyclic amines) is 1. The van der Waals surface area contributed by atoms with Crippen molar-refractivity contribution >= 4 is 5.91 Å². The number of hydrogen-bond acceptors (Lipinski definition) is 4. The fraction of sp³-hybridized carbons (Fsp3) is 0.778. The van der Waals surface area contributed by atoms with E-state index in [4.69, 9.17) is 0 Å². The molecule has 24 heavy (non-hydrogen) atoms. The third kappa shape index (κ3) is 3.98. The number of aliphatic hydroxyl groups is 1. The molecule has 1 saturated heterocycles. The van der Waals surface area contributed by atoms with Gasteiger partial charge in [-0.2, -0.15) is 5.10 Å². The lowest BCUT2D eigenvalue weighted by molar-refractivity contribution is 0.00257. The minimum absolute atomic E-state index is 0.00218. The van der Waals surface area contributed by atoms with Crippen LogP contribution in [0.3, 0.4) is 0 Å². The lowest BCUT2D eigenvalue weighted by Crippen LogP contribution is -2.49. The van der Waals surface area contributed by atoms with Crippen LogP contribution >= 0.6 is 0 Å². The fourth-order valence-corrected chi connectivity index (χ4v) is 4.08. The predicted molar refractivity (Wildman–Crippen MR) is 92.8 cm³/mol. The van der Waals surface area contributed by atoms with Crippen LogP contribution in [0.2, 0.25) is 0 Å². The SMILES string of the molecule is CN(C)C(=O)c1cnn(CC2CCN([C@@H]3CCCC[C@H]3O)CC2)c1. The molecule has 0 aromatic carbocycles. The molecule has 0 radical (unpaired) electrons. The van der Waals surface area contributed by atoms with E-state index in [0.29, 0.717) is 17.5 Å². The molecule has 2 aliphatic rings. The Morgan fingerprint density at radius 2 is 1.96 bits per heavy atom. The van der Waals surface area contributed by atoms with Crippen molar-refractivity contribution in [1.29, 1.82) is 0 Å². The minimum atomic E-state index is -0.138. The Balaban J connectivity index is 1.49. The van der Waals surface area contributed by atoms with Crippen LogP contribution in [0, 0.1) is 5.92 Å². The van der Waals surface area contributed by atoms with Crippen LogP contribution in [0.5, 0.6) is 0 Å². The van der Waals surface area contributed by atoms with Crippen molar-refractivity contribution in [3.63, 3.8) is 0 Å². The van der Waals surface area contributed by atoms with Crippen molar-refractivity contribution in [2.45, 2.75) is 57.2 Å². The van der Waals surface area contributed by atoms with Crippen molar-refractivity contribution in [2.24, 2.45) is 5.92 Å². The first kappa shape index (κ1) is 17.4. The van der Waals surface area contributed by atoms with Gasteiger partial charge in [-0.3, -0.25) is 14.4 Å². The van der Waals surface area contributed by atoms with Gasteiger partial charge in [-0.05, 0) is 44.7 Å². The Morgan fingerprint density at radius 1 is 1.25 bits per heavy atom. The fourth-order valence-electron chi connectivity index (χ4n) is 4.08. The summed E-state index contributed by atoms with van der Waals surface area (Å²) >= 11 is 0. The molecule has 3 rings (SSSR count). The van der Waals surface area contributed by atoms with E-state index in [1.54, 1.807) is 25.2 Å². The summed E-state index contributed by atoms with van der Waals surface area (Å²) in [7, 11) is 3.52. The Kier molecular flexibility index (Phi) is 5.56. The number of piperidine rings is 1. The average molecular weight is 334 g/mol. The summed E-state index contributed by atoms with van der Waals surface area (Å²) in [6, 6.07) is 0.369. The van der Waals surface area contributed by atoms with Crippen LogP contribution in [0.4, 0.5) is 0 Å². The third-order valence-corrected chi connectivity index (χ3v) is 5.54. The molecule has 2 atom stereocenters. The lowest BCUT2D eigenvalue weighted by atomic mass is 9.88. The smallest absolute Gasteiger partial charge is 0.256 e. The van der Waals surface area contributed by atoms with Gasteiger partial charge < -0.3 is 10.0 Å². The van der Waals surface area contributed by atoms with E-state index in [9.17, 15) is 9.90 Å². The molecular weight excluding hydrogens is 304 g/mol. The molecule has 6 heteroatoms. The largest absolute Gasteiger partial charge is 0.391 e. The number of amides is 1. The number of aliphatic hydroxyl groups excluding tert-OH is 1. The van der Waals surface area contributed by atoms with Crippen LogP contribution in [0.25, 0.3) is 0 Å². The summed E-state index contributed by atoms with van der Waals surface area (Å²) in [4.78, 5) is 16.0. The Hall–Kier alpha value is -1.40. The first-order valence-corrected chi connectivity index (χ1v) is 9.21. The highest BCUT2D eigenvalue weighted by molar-refractivity contribution is 5.93. The van der Waals surface area contributed by atoms with Crippen LogP contribution in [0.15, 0.2) is 12.4 Å². The summed E-state index contributed by atoms with van der Waals surface area (Å²) < 4.78 is 1.91. The number of rotatable bonds is 4. The molecule has 2 heterocycles. The summed E-state index contributed by atoms with van der Waals surface area (Å²) in [6.07, 6.45) is 10.2. The molecule has 1 aliphatic carbocycles. The third-order valence-electron chi connectivity index (χ3n) is 5.54. The highest BCUT2D eigenvalue weighted by Crippen LogP contribution is 2.28. The topological polar surface area (TPSA) is 61.6 Å². The Labute approximate surface area is 144 Å². The molecule has 2 fully saturated rings. The Morgan fingerprint density at radius 3 is 2.62 bits per heavy atom. The second-order valence-corrected chi connectivity index (χ2v) is 7.55.